The number of nitrogens with one attached hydrogen (secondary N) is 1. The molecular weight excluding hydrogens is 348 g/mol. The summed E-state index contributed by atoms with van der Waals surface area (Å²) in [6.45, 7) is 3.88. The van der Waals surface area contributed by atoms with E-state index in [-0.39, 0.29) is 5.56 Å². The normalized spacial score (nSPS) is 21.4. The maximum absolute atomic E-state index is 12.7. The van der Waals surface area contributed by atoms with Crippen molar-refractivity contribution in [1.29, 1.82) is 0 Å². The van der Waals surface area contributed by atoms with Crippen LogP contribution in [0.2, 0.25) is 0 Å². The molecule has 0 radical (unpaired) electrons. The number of aryl methyl sites for hydroxylation is 1. The van der Waals surface area contributed by atoms with Crippen LogP contribution in [-0.2, 0) is 13.5 Å². The fourth-order valence-corrected chi connectivity index (χ4v) is 4.92. The van der Waals surface area contributed by atoms with Gasteiger partial charge in [-0.1, -0.05) is 35.9 Å². The molecule has 1 saturated carbocycles. The van der Waals surface area contributed by atoms with Gasteiger partial charge in [0.05, 0.1) is 5.69 Å². The van der Waals surface area contributed by atoms with Gasteiger partial charge in [-0.05, 0) is 56.2 Å². The summed E-state index contributed by atoms with van der Waals surface area (Å²) in [7, 11) is 3.57. The molecule has 148 valence electrons. The van der Waals surface area contributed by atoms with Crippen molar-refractivity contribution in [3.8, 4) is 0 Å². The summed E-state index contributed by atoms with van der Waals surface area (Å²) < 4.78 is 1.61. The standard InChI is InChI=1S/C23H30N4O/c1-16-19(22(28)26(3)23(24-2)25-16)11-13-27-14-12-21-18(15-27)9-10-20(21)17-7-5-4-6-8-17/h4-8,15,20-21H,9-14H2,1-3H3,(H,24,25). The zero-order chi connectivity index (χ0) is 19.7. The van der Waals surface area contributed by atoms with Gasteiger partial charge in [-0.25, -0.2) is 4.98 Å². The van der Waals surface area contributed by atoms with Gasteiger partial charge in [0.15, 0.2) is 0 Å². The molecule has 1 N–H and O–H groups in total. The SMILES string of the molecule is CNc1nc(C)c(CCN2C=C3CCC(c4ccccc4)C3CC2)c(=O)n1C. The Labute approximate surface area is 167 Å². The zero-order valence-corrected chi connectivity index (χ0v) is 17.1. The number of hydrogen-bond donors (Lipinski definition) is 1. The van der Waals surface area contributed by atoms with E-state index < -0.39 is 0 Å². The molecule has 0 amide bonds. The van der Waals surface area contributed by atoms with Gasteiger partial charge in [0, 0.05) is 32.7 Å². The van der Waals surface area contributed by atoms with E-state index in [9.17, 15) is 4.79 Å². The van der Waals surface area contributed by atoms with Crippen molar-refractivity contribution in [3.05, 3.63) is 69.3 Å². The monoisotopic (exact) mass is 378 g/mol. The lowest BCUT2D eigenvalue weighted by atomic mass is 9.84. The lowest BCUT2D eigenvalue weighted by Crippen LogP contribution is -2.32. The second-order valence-corrected chi connectivity index (χ2v) is 8.05. The van der Waals surface area contributed by atoms with E-state index in [1.54, 1.807) is 24.2 Å². The first-order chi connectivity index (χ1) is 13.6. The molecule has 1 aromatic heterocycles. The molecule has 4 rings (SSSR count). The Morgan fingerprint density at radius 3 is 2.71 bits per heavy atom. The third-order valence-corrected chi connectivity index (χ3v) is 6.47. The van der Waals surface area contributed by atoms with Crippen molar-refractivity contribution in [2.45, 2.75) is 38.5 Å². The first-order valence-electron chi connectivity index (χ1n) is 10.3. The lowest BCUT2D eigenvalue weighted by molar-refractivity contribution is 0.309. The number of hydrogen-bond acceptors (Lipinski definition) is 4. The first-order valence-corrected chi connectivity index (χ1v) is 10.3. The second-order valence-electron chi connectivity index (χ2n) is 8.05. The van der Waals surface area contributed by atoms with Crippen molar-refractivity contribution >= 4 is 5.95 Å². The van der Waals surface area contributed by atoms with E-state index in [2.05, 4.69) is 51.7 Å². The predicted molar refractivity (Wildman–Crippen MR) is 114 cm³/mol. The number of aromatic nitrogens is 2. The molecule has 0 spiro atoms. The third-order valence-electron chi connectivity index (χ3n) is 6.47. The molecule has 2 aromatic rings. The average Bonchev–Trinajstić information content (AvgIpc) is 3.14. The van der Waals surface area contributed by atoms with Crippen molar-refractivity contribution < 1.29 is 0 Å². The second kappa shape index (κ2) is 7.82. The fraction of sp³-hybridized carbons (Fsp3) is 0.478. The molecule has 1 aromatic carbocycles. The Kier molecular flexibility index (Phi) is 5.25. The highest BCUT2D eigenvalue weighted by atomic mass is 16.1. The molecule has 5 nitrogen and oxygen atoms in total. The van der Waals surface area contributed by atoms with Crippen LogP contribution >= 0.6 is 0 Å². The molecular formula is C23H30N4O. The van der Waals surface area contributed by atoms with Crippen LogP contribution in [0.5, 0.6) is 0 Å². The van der Waals surface area contributed by atoms with Gasteiger partial charge >= 0.3 is 0 Å². The van der Waals surface area contributed by atoms with Crippen LogP contribution in [0.25, 0.3) is 0 Å². The van der Waals surface area contributed by atoms with Gasteiger partial charge in [-0.3, -0.25) is 9.36 Å². The van der Waals surface area contributed by atoms with Crippen LogP contribution < -0.4 is 10.9 Å². The summed E-state index contributed by atoms with van der Waals surface area (Å²) in [6.07, 6.45) is 6.78. The third kappa shape index (κ3) is 3.46. The van der Waals surface area contributed by atoms with E-state index >= 15 is 0 Å². The van der Waals surface area contributed by atoms with Gasteiger partial charge in [-0.2, -0.15) is 0 Å². The smallest absolute Gasteiger partial charge is 0.258 e. The van der Waals surface area contributed by atoms with E-state index in [0.717, 1.165) is 30.8 Å². The maximum Gasteiger partial charge on any atom is 0.258 e. The highest BCUT2D eigenvalue weighted by Gasteiger charge is 2.34. The van der Waals surface area contributed by atoms with Crippen molar-refractivity contribution in [3.63, 3.8) is 0 Å². The Morgan fingerprint density at radius 2 is 1.96 bits per heavy atom. The average molecular weight is 379 g/mol. The summed E-state index contributed by atoms with van der Waals surface area (Å²) in [5.41, 5.74) is 4.80. The summed E-state index contributed by atoms with van der Waals surface area (Å²) in [4.78, 5) is 19.6. The van der Waals surface area contributed by atoms with Crippen molar-refractivity contribution in [2.24, 2.45) is 13.0 Å². The van der Waals surface area contributed by atoms with Gasteiger partial charge in [0.1, 0.15) is 0 Å². The summed E-state index contributed by atoms with van der Waals surface area (Å²) in [5, 5.41) is 2.98. The van der Waals surface area contributed by atoms with Gasteiger partial charge in [-0.15, -0.1) is 0 Å². The lowest BCUT2D eigenvalue weighted by Gasteiger charge is -2.32. The van der Waals surface area contributed by atoms with Gasteiger partial charge in [0.2, 0.25) is 5.95 Å². The van der Waals surface area contributed by atoms with E-state index in [0.29, 0.717) is 17.8 Å². The van der Waals surface area contributed by atoms with Crippen LogP contribution in [-0.4, -0.2) is 34.6 Å². The largest absolute Gasteiger partial charge is 0.377 e. The molecule has 0 saturated heterocycles. The number of fused-ring (bicyclic) bond motifs is 1. The minimum absolute atomic E-state index is 0.0596. The summed E-state index contributed by atoms with van der Waals surface area (Å²) in [6, 6.07) is 11.0. The maximum atomic E-state index is 12.7. The predicted octanol–water partition coefficient (Wildman–Crippen LogP) is 3.46. The molecule has 5 heteroatoms. The molecule has 2 unspecified atom stereocenters. The fourth-order valence-electron chi connectivity index (χ4n) is 4.92. The number of allylic oxidation sites excluding steroid dienone is 1. The van der Waals surface area contributed by atoms with Gasteiger partial charge < -0.3 is 10.2 Å². The highest BCUT2D eigenvalue weighted by Crippen LogP contribution is 2.46. The highest BCUT2D eigenvalue weighted by molar-refractivity contribution is 5.31. The van der Waals surface area contributed by atoms with Crippen molar-refractivity contribution in [2.75, 3.05) is 25.5 Å². The molecule has 1 aliphatic carbocycles. The number of anilines is 1. The van der Waals surface area contributed by atoms with E-state index in [4.69, 9.17) is 0 Å². The molecule has 2 aliphatic rings. The van der Waals surface area contributed by atoms with E-state index in [1.165, 1.54) is 24.8 Å². The van der Waals surface area contributed by atoms with Crippen LogP contribution in [0.4, 0.5) is 5.95 Å². The van der Waals surface area contributed by atoms with Crippen molar-refractivity contribution in [1.82, 2.24) is 14.5 Å². The zero-order valence-electron chi connectivity index (χ0n) is 17.1. The quantitative estimate of drug-likeness (QED) is 0.866. The molecule has 0 bridgehead atoms. The van der Waals surface area contributed by atoms with E-state index in [1.807, 2.05) is 6.92 Å². The minimum Gasteiger partial charge on any atom is -0.377 e. The topological polar surface area (TPSA) is 50.2 Å². The molecule has 1 fully saturated rings. The Bertz CT molecular complexity index is 932. The Morgan fingerprint density at radius 1 is 1.18 bits per heavy atom. The first kappa shape index (κ1) is 18.8. The van der Waals surface area contributed by atoms with Gasteiger partial charge in [0.25, 0.3) is 5.56 Å². The van der Waals surface area contributed by atoms with Crippen LogP contribution in [0.15, 0.2) is 46.9 Å². The summed E-state index contributed by atoms with van der Waals surface area (Å²) in [5.74, 6) is 1.97. The number of nitrogens with zero attached hydrogens (tertiary/aromatic N) is 3. The Hall–Kier alpha value is -2.56. The number of rotatable bonds is 5. The Balaban J connectivity index is 1.46. The van der Waals surface area contributed by atoms with Crippen LogP contribution in [0.3, 0.4) is 0 Å². The minimum atomic E-state index is 0.0596. The number of benzene rings is 1. The molecule has 2 atom stereocenters. The summed E-state index contributed by atoms with van der Waals surface area (Å²) >= 11 is 0. The molecule has 1 aliphatic heterocycles. The molecule has 28 heavy (non-hydrogen) atoms. The van der Waals surface area contributed by atoms with Crippen LogP contribution in [0.1, 0.15) is 42.0 Å². The molecule has 2 heterocycles. The van der Waals surface area contributed by atoms with Crippen LogP contribution in [0, 0.1) is 12.8 Å².